The highest BCUT2D eigenvalue weighted by Gasteiger charge is 2.28. The van der Waals surface area contributed by atoms with E-state index < -0.39 is 9.84 Å². The summed E-state index contributed by atoms with van der Waals surface area (Å²) in [5.41, 5.74) is 5.27. The Morgan fingerprint density at radius 2 is 1.84 bits per heavy atom. The van der Waals surface area contributed by atoms with Gasteiger partial charge in [-0.15, -0.1) is 0 Å². The largest absolute Gasteiger partial charge is 0.360 e. The summed E-state index contributed by atoms with van der Waals surface area (Å²) in [6.45, 7) is 4.40. The lowest BCUT2D eigenvalue weighted by Crippen LogP contribution is -2.26. The molecule has 1 aliphatic rings. The number of sulfone groups is 1. The summed E-state index contributed by atoms with van der Waals surface area (Å²) in [5.74, 6) is 0.0357. The minimum atomic E-state index is -3.38. The quantitative estimate of drug-likeness (QED) is 0.503. The van der Waals surface area contributed by atoms with Crippen LogP contribution in [0.2, 0.25) is 0 Å². The molecule has 0 spiro atoms. The van der Waals surface area contributed by atoms with Crippen LogP contribution < -0.4 is 10.5 Å². The number of aromatic amines is 1. The molecule has 32 heavy (non-hydrogen) atoms. The molecule has 0 unspecified atom stereocenters. The highest BCUT2D eigenvalue weighted by Crippen LogP contribution is 2.44. The summed E-state index contributed by atoms with van der Waals surface area (Å²) < 4.78 is 26.9. The highest BCUT2D eigenvalue weighted by molar-refractivity contribution is 7.91. The fraction of sp³-hybridized carbons (Fsp3) is 0.240. The second-order valence-electron chi connectivity index (χ2n) is 8.32. The van der Waals surface area contributed by atoms with Crippen LogP contribution in [0, 0.1) is 0 Å². The number of hydrogen-bond donors (Lipinski definition) is 1. The van der Waals surface area contributed by atoms with Gasteiger partial charge in [-0.2, -0.15) is 0 Å². The maximum absolute atomic E-state index is 12.8. The van der Waals surface area contributed by atoms with Gasteiger partial charge in [0.15, 0.2) is 9.84 Å². The molecule has 7 heteroatoms. The minimum absolute atomic E-state index is 0.0357. The zero-order valence-corrected chi connectivity index (χ0v) is 19.1. The maximum Gasteiger partial charge on any atom is 0.274 e. The Kier molecular flexibility index (Phi) is 4.74. The normalized spacial score (nSPS) is 14.3. The van der Waals surface area contributed by atoms with Crippen molar-refractivity contribution in [2.75, 3.05) is 10.7 Å². The second-order valence-corrected chi connectivity index (χ2v) is 10.6. The van der Waals surface area contributed by atoms with Crippen molar-refractivity contribution in [1.82, 2.24) is 9.55 Å². The highest BCUT2D eigenvalue weighted by atomic mass is 32.2. The summed E-state index contributed by atoms with van der Waals surface area (Å²) in [7, 11) is -1.66. The van der Waals surface area contributed by atoms with Gasteiger partial charge < -0.3 is 14.5 Å². The van der Waals surface area contributed by atoms with Crippen molar-refractivity contribution in [2.45, 2.75) is 31.3 Å². The van der Waals surface area contributed by atoms with Crippen molar-refractivity contribution in [2.24, 2.45) is 7.05 Å². The molecule has 0 amide bonds. The monoisotopic (exact) mass is 447 g/mol. The molecule has 5 rings (SSSR count). The topological polar surface area (TPSA) is 75.2 Å². The third-order valence-corrected chi connectivity index (χ3v) is 8.22. The first-order valence-electron chi connectivity index (χ1n) is 10.7. The van der Waals surface area contributed by atoms with Crippen LogP contribution in [0.25, 0.3) is 22.0 Å². The Balaban J connectivity index is 1.83. The smallest absolute Gasteiger partial charge is 0.274 e. The number of aromatic nitrogens is 2. The first-order valence-corrected chi connectivity index (χ1v) is 12.4. The molecular formula is C25H25N3O3S. The summed E-state index contributed by atoms with van der Waals surface area (Å²) in [6.07, 6.45) is 3.72. The second kappa shape index (κ2) is 7.38. The van der Waals surface area contributed by atoms with Crippen LogP contribution in [-0.2, 0) is 23.4 Å². The number of H-pyrrole nitrogens is 1. The molecule has 1 aliphatic heterocycles. The molecule has 2 aromatic carbocycles. The van der Waals surface area contributed by atoms with Crippen LogP contribution in [0.1, 0.15) is 31.0 Å². The van der Waals surface area contributed by atoms with E-state index in [2.05, 4.69) is 28.9 Å². The van der Waals surface area contributed by atoms with Gasteiger partial charge >= 0.3 is 0 Å². The molecule has 164 valence electrons. The van der Waals surface area contributed by atoms with Crippen LogP contribution in [0.15, 0.2) is 70.6 Å². The lowest BCUT2D eigenvalue weighted by molar-refractivity contribution is 0.597. The van der Waals surface area contributed by atoms with E-state index in [1.54, 1.807) is 30.7 Å². The van der Waals surface area contributed by atoms with Crippen molar-refractivity contribution >= 4 is 26.4 Å². The third-order valence-electron chi connectivity index (χ3n) is 6.49. The van der Waals surface area contributed by atoms with Gasteiger partial charge in [0.2, 0.25) is 0 Å². The van der Waals surface area contributed by atoms with Gasteiger partial charge in [0.05, 0.1) is 16.7 Å². The molecule has 0 saturated heterocycles. The lowest BCUT2D eigenvalue weighted by Gasteiger charge is -2.32. The van der Waals surface area contributed by atoms with E-state index in [1.807, 2.05) is 36.7 Å². The zero-order chi connectivity index (χ0) is 22.6. The van der Waals surface area contributed by atoms with Gasteiger partial charge in [0, 0.05) is 48.2 Å². The number of nitrogens with zero attached hydrogens (tertiary/aromatic N) is 2. The van der Waals surface area contributed by atoms with Gasteiger partial charge in [-0.25, -0.2) is 8.42 Å². The van der Waals surface area contributed by atoms with Crippen molar-refractivity contribution in [1.29, 1.82) is 0 Å². The first kappa shape index (κ1) is 20.6. The molecule has 3 heterocycles. The van der Waals surface area contributed by atoms with Crippen molar-refractivity contribution in [3.8, 4) is 11.1 Å². The van der Waals surface area contributed by atoms with Crippen molar-refractivity contribution in [3.05, 3.63) is 82.4 Å². The van der Waals surface area contributed by atoms with Crippen LogP contribution >= 0.6 is 0 Å². The Morgan fingerprint density at radius 1 is 1.09 bits per heavy atom. The number of benzene rings is 2. The Morgan fingerprint density at radius 3 is 2.56 bits per heavy atom. The fourth-order valence-corrected chi connectivity index (χ4v) is 5.54. The third kappa shape index (κ3) is 3.07. The van der Waals surface area contributed by atoms with Crippen molar-refractivity contribution < 1.29 is 8.42 Å². The molecule has 0 saturated carbocycles. The van der Waals surface area contributed by atoms with Gasteiger partial charge in [-0.3, -0.25) is 4.79 Å². The molecule has 6 nitrogen and oxygen atoms in total. The van der Waals surface area contributed by atoms with Gasteiger partial charge in [-0.05, 0) is 36.2 Å². The predicted octanol–water partition coefficient (Wildman–Crippen LogP) is 4.41. The molecule has 0 fully saturated rings. The molecule has 1 N–H and O–H groups in total. The van der Waals surface area contributed by atoms with Crippen LogP contribution in [0.5, 0.6) is 0 Å². The van der Waals surface area contributed by atoms with Crippen molar-refractivity contribution in [3.63, 3.8) is 0 Å². The van der Waals surface area contributed by atoms with Gasteiger partial charge in [0.25, 0.3) is 5.56 Å². The number of hydrogen-bond acceptors (Lipinski definition) is 4. The van der Waals surface area contributed by atoms with E-state index in [1.165, 1.54) is 0 Å². The number of aryl methyl sites for hydroxylation is 1. The zero-order valence-electron chi connectivity index (χ0n) is 18.3. The molecule has 2 aromatic heterocycles. The van der Waals surface area contributed by atoms with E-state index in [0.717, 1.165) is 33.3 Å². The molecular weight excluding hydrogens is 422 g/mol. The Hall–Kier alpha value is -3.32. The maximum atomic E-state index is 12.8. The van der Waals surface area contributed by atoms with E-state index in [-0.39, 0.29) is 17.4 Å². The molecule has 0 aliphatic carbocycles. The molecule has 4 aromatic rings. The van der Waals surface area contributed by atoms with Gasteiger partial charge in [0.1, 0.15) is 5.52 Å². The van der Waals surface area contributed by atoms with E-state index in [0.29, 0.717) is 17.0 Å². The number of rotatable bonds is 4. The van der Waals surface area contributed by atoms with E-state index in [4.69, 9.17) is 0 Å². The average molecular weight is 448 g/mol. The molecule has 1 atom stereocenters. The SMILES string of the molecule is CCS(=O)(=O)c1ccc2c(c1)-c1cn(C)c(=O)c3[nH]cc(c13)CN2[C@@H](C)c1ccccc1. The number of anilines is 1. The van der Waals surface area contributed by atoms with Crippen LogP contribution in [0.4, 0.5) is 5.69 Å². The fourth-order valence-electron chi connectivity index (χ4n) is 4.63. The summed E-state index contributed by atoms with van der Waals surface area (Å²) in [6, 6.07) is 15.6. The molecule has 0 radical (unpaired) electrons. The van der Waals surface area contributed by atoms with Crippen LogP contribution in [-0.4, -0.2) is 23.7 Å². The summed E-state index contributed by atoms with van der Waals surface area (Å²) in [4.78, 5) is 18.5. The minimum Gasteiger partial charge on any atom is -0.360 e. The summed E-state index contributed by atoms with van der Waals surface area (Å²) >= 11 is 0. The average Bonchev–Trinajstić information content (AvgIpc) is 3.18. The Bertz CT molecular complexity index is 1500. The first-order chi connectivity index (χ1) is 15.3. The predicted molar refractivity (Wildman–Crippen MR) is 128 cm³/mol. The van der Waals surface area contributed by atoms with E-state index >= 15 is 0 Å². The van der Waals surface area contributed by atoms with Gasteiger partial charge in [-0.1, -0.05) is 37.3 Å². The standard InChI is InChI=1S/C25H25N3O3S/c1-4-32(30,31)19-10-11-22-20(12-19)21-15-27(3)25(29)24-23(21)18(13-26-24)14-28(22)16(2)17-8-6-5-7-9-17/h5-13,15-16,26H,4,14H2,1-3H3/t16-/m0/s1. The lowest BCUT2D eigenvalue weighted by atomic mass is 10.0. The number of fused-ring (bicyclic) bond motifs is 2. The summed E-state index contributed by atoms with van der Waals surface area (Å²) in [5, 5.41) is 0.864. The van der Waals surface area contributed by atoms with Crippen LogP contribution in [0.3, 0.4) is 0 Å². The van der Waals surface area contributed by atoms with E-state index in [9.17, 15) is 13.2 Å². The number of pyridine rings is 1. The number of nitrogens with one attached hydrogen (secondary N) is 1. The molecule has 0 bridgehead atoms. The Labute approximate surface area is 187 Å².